The summed E-state index contributed by atoms with van der Waals surface area (Å²) in [7, 11) is 0. The predicted octanol–water partition coefficient (Wildman–Crippen LogP) is 2.94. The Bertz CT molecular complexity index is 581. The first kappa shape index (κ1) is 20.2. The second kappa shape index (κ2) is 10.1. The lowest BCUT2D eigenvalue weighted by molar-refractivity contribution is -0.0679. The van der Waals surface area contributed by atoms with E-state index in [1.54, 1.807) is 0 Å². The number of nitrogens with zero attached hydrogens (tertiary/aromatic N) is 3. The van der Waals surface area contributed by atoms with Gasteiger partial charge in [-0.1, -0.05) is 30.3 Å². The van der Waals surface area contributed by atoms with Gasteiger partial charge in [-0.25, -0.2) is 0 Å². The van der Waals surface area contributed by atoms with Crippen LogP contribution in [0.15, 0.2) is 35.3 Å². The molecule has 2 aliphatic heterocycles. The van der Waals surface area contributed by atoms with E-state index in [9.17, 15) is 0 Å². The molecule has 3 atom stereocenters. The van der Waals surface area contributed by atoms with E-state index in [-0.39, 0.29) is 0 Å². The largest absolute Gasteiger partial charge is 0.373 e. The van der Waals surface area contributed by atoms with Gasteiger partial charge in [-0.2, -0.15) is 0 Å². The third-order valence-corrected chi connectivity index (χ3v) is 5.48. The third-order valence-electron chi connectivity index (χ3n) is 5.48. The Kier molecular flexibility index (Phi) is 7.53. The van der Waals surface area contributed by atoms with Crippen LogP contribution in [0.3, 0.4) is 0 Å². The first-order chi connectivity index (χ1) is 13.2. The van der Waals surface area contributed by atoms with Crippen molar-refractivity contribution < 1.29 is 4.74 Å². The summed E-state index contributed by atoms with van der Waals surface area (Å²) in [4.78, 5) is 9.87. The minimum atomic E-state index is 0.342. The van der Waals surface area contributed by atoms with E-state index in [2.05, 4.69) is 66.2 Å². The number of nitrogens with one attached hydrogen (secondary N) is 1. The van der Waals surface area contributed by atoms with E-state index in [4.69, 9.17) is 9.73 Å². The second-order valence-electron chi connectivity index (χ2n) is 7.95. The first-order valence-electron chi connectivity index (χ1n) is 10.6. The Balaban J connectivity index is 1.48. The third kappa shape index (κ3) is 5.94. The number of guanidine groups is 1. The fourth-order valence-corrected chi connectivity index (χ4v) is 4.32. The molecule has 5 nitrogen and oxygen atoms in total. The Morgan fingerprint density at radius 2 is 1.89 bits per heavy atom. The zero-order valence-electron chi connectivity index (χ0n) is 17.2. The summed E-state index contributed by atoms with van der Waals surface area (Å²) in [5, 5.41) is 3.49. The topological polar surface area (TPSA) is 40.1 Å². The molecule has 0 bridgehead atoms. The van der Waals surface area contributed by atoms with E-state index < -0.39 is 0 Å². The van der Waals surface area contributed by atoms with Gasteiger partial charge >= 0.3 is 0 Å². The maximum atomic E-state index is 5.82. The van der Waals surface area contributed by atoms with Crippen molar-refractivity contribution in [1.29, 1.82) is 0 Å². The van der Waals surface area contributed by atoms with Crippen LogP contribution in [0, 0.1) is 0 Å². The average Bonchev–Trinajstić information content (AvgIpc) is 3.14. The fourth-order valence-electron chi connectivity index (χ4n) is 4.32. The van der Waals surface area contributed by atoms with Gasteiger partial charge in [-0.15, -0.1) is 0 Å². The molecule has 0 radical (unpaired) electrons. The highest BCUT2D eigenvalue weighted by molar-refractivity contribution is 5.80. The second-order valence-corrected chi connectivity index (χ2v) is 7.95. The highest BCUT2D eigenvalue weighted by Crippen LogP contribution is 2.26. The van der Waals surface area contributed by atoms with Gasteiger partial charge in [-0.3, -0.25) is 9.89 Å². The summed E-state index contributed by atoms with van der Waals surface area (Å²) in [6, 6.07) is 10.9. The van der Waals surface area contributed by atoms with Crippen molar-refractivity contribution in [3.8, 4) is 0 Å². The monoisotopic (exact) mass is 372 g/mol. The van der Waals surface area contributed by atoms with Crippen molar-refractivity contribution in [2.75, 3.05) is 45.8 Å². The molecule has 0 amide bonds. The van der Waals surface area contributed by atoms with E-state index in [0.717, 1.165) is 58.2 Å². The van der Waals surface area contributed by atoms with Gasteiger partial charge in [0.05, 0.1) is 12.2 Å². The molecule has 3 unspecified atom stereocenters. The van der Waals surface area contributed by atoms with Crippen molar-refractivity contribution >= 4 is 5.96 Å². The van der Waals surface area contributed by atoms with Crippen molar-refractivity contribution in [1.82, 2.24) is 15.1 Å². The first-order valence-corrected chi connectivity index (χ1v) is 10.6. The molecule has 2 heterocycles. The van der Waals surface area contributed by atoms with Crippen LogP contribution in [-0.2, 0) is 4.74 Å². The number of rotatable bonds is 6. The molecule has 5 heteroatoms. The van der Waals surface area contributed by atoms with Gasteiger partial charge < -0.3 is 15.0 Å². The van der Waals surface area contributed by atoms with Gasteiger partial charge in [0.25, 0.3) is 0 Å². The summed E-state index contributed by atoms with van der Waals surface area (Å²) >= 11 is 0. The van der Waals surface area contributed by atoms with E-state index >= 15 is 0 Å². The summed E-state index contributed by atoms with van der Waals surface area (Å²) < 4.78 is 5.82. The number of ether oxygens (including phenoxy) is 1. The van der Waals surface area contributed by atoms with Crippen LogP contribution < -0.4 is 5.32 Å². The van der Waals surface area contributed by atoms with Crippen LogP contribution in [0.5, 0.6) is 0 Å². The van der Waals surface area contributed by atoms with E-state index in [1.807, 2.05) is 0 Å². The molecule has 0 saturated carbocycles. The zero-order chi connectivity index (χ0) is 19.1. The maximum absolute atomic E-state index is 5.82. The molecule has 1 aromatic rings. The number of likely N-dealkylation sites (tertiary alicyclic amines) is 1. The predicted molar refractivity (Wildman–Crippen MR) is 112 cm³/mol. The van der Waals surface area contributed by atoms with Crippen molar-refractivity contribution in [2.45, 2.75) is 51.7 Å². The van der Waals surface area contributed by atoms with Crippen LogP contribution in [-0.4, -0.2) is 73.8 Å². The average molecular weight is 373 g/mol. The Morgan fingerprint density at radius 1 is 1.15 bits per heavy atom. The highest BCUT2D eigenvalue weighted by atomic mass is 16.5. The molecular weight excluding hydrogens is 336 g/mol. The van der Waals surface area contributed by atoms with Crippen LogP contribution in [0.2, 0.25) is 0 Å². The zero-order valence-corrected chi connectivity index (χ0v) is 17.2. The van der Waals surface area contributed by atoms with Gasteiger partial charge in [0.15, 0.2) is 5.96 Å². The molecule has 0 aliphatic carbocycles. The van der Waals surface area contributed by atoms with E-state index in [0.29, 0.717) is 18.1 Å². The molecule has 150 valence electrons. The number of benzene rings is 1. The van der Waals surface area contributed by atoms with Crippen LogP contribution in [0.1, 0.15) is 45.1 Å². The number of morpholine rings is 1. The van der Waals surface area contributed by atoms with E-state index in [1.165, 1.54) is 12.0 Å². The molecule has 2 fully saturated rings. The number of hydrogen-bond acceptors (Lipinski definition) is 3. The fraction of sp³-hybridized carbons (Fsp3) is 0.682. The van der Waals surface area contributed by atoms with Gasteiger partial charge in [-0.05, 0) is 39.2 Å². The normalized spacial score (nSPS) is 27.1. The Hall–Kier alpha value is -1.59. The van der Waals surface area contributed by atoms with Crippen LogP contribution in [0.4, 0.5) is 0 Å². The summed E-state index contributed by atoms with van der Waals surface area (Å²) in [5.74, 6) is 1.70. The highest BCUT2D eigenvalue weighted by Gasteiger charge is 2.26. The smallest absolute Gasteiger partial charge is 0.193 e. The summed E-state index contributed by atoms with van der Waals surface area (Å²) in [5.41, 5.74) is 1.45. The lowest BCUT2D eigenvalue weighted by atomic mass is 9.99. The van der Waals surface area contributed by atoms with Crippen LogP contribution >= 0.6 is 0 Å². The Labute approximate surface area is 164 Å². The van der Waals surface area contributed by atoms with Crippen molar-refractivity contribution in [2.24, 2.45) is 4.99 Å². The minimum absolute atomic E-state index is 0.342. The molecule has 2 saturated heterocycles. The number of aliphatic imine (C=N–C) groups is 1. The van der Waals surface area contributed by atoms with Crippen LogP contribution in [0.25, 0.3) is 0 Å². The molecule has 3 rings (SSSR count). The van der Waals surface area contributed by atoms with Crippen molar-refractivity contribution in [3.05, 3.63) is 35.9 Å². The molecule has 2 aliphatic rings. The molecule has 1 N–H and O–H groups in total. The van der Waals surface area contributed by atoms with Gasteiger partial charge in [0, 0.05) is 51.7 Å². The summed E-state index contributed by atoms with van der Waals surface area (Å²) in [6.45, 7) is 13.6. The van der Waals surface area contributed by atoms with Gasteiger partial charge in [0.1, 0.15) is 0 Å². The molecule has 1 aromatic carbocycles. The number of hydrogen-bond donors (Lipinski definition) is 1. The Morgan fingerprint density at radius 3 is 2.59 bits per heavy atom. The molecular formula is C22H36N4O. The maximum Gasteiger partial charge on any atom is 0.193 e. The van der Waals surface area contributed by atoms with Crippen molar-refractivity contribution in [3.63, 3.8) is 0 Å². The minimum Gasteiger partial charge on any atom is -0.373 e. The molecule has 27 heavy (non-hydrogen) atoms. The summed E-state index contributed by atoms with van der Waals surface area (Å²) in [6.07, 6.45) is 2.99. The lowest BCUT2D eigenvalue weighted by Gasteiger charge is -2.35. The lowest BCUT2D eigenvalue weighted by Crippen LogP contribution is -2.45. The molecule has 0 aromatic heterocycles. The quantitative estimate of drug-likeness (QED) is 0.473. The SMILES string of the molecule is CCNC(=NCCCN1CC(C)OC(C)C1)N1CCC(c2ccccc2)C1. The molecule has 0 spiro atoms. The van der Waals surface area contributed by atoms with Gasteiger partial charge in [0.2, 0.25) is 0 Å². The standard InChI is InChI=1S/C22H36N4O/c1-4-23-22(24-12-8-13-25-15-18(2)27-19(3)16-25)26-14-11-21(17-26)20-9-6-5-7-10-20/h5-7,9-10,18-19,21H,4,8,11-17H2,1-3H3,(H,23,24).